The first-order valence-electron chi connectivity index (χ1n) is 5.79. The average Bonchev–Trinajstić information content (AvgIpc) is 2.58. The summed E-state index contributed by atoms with van der Waals surface area (Å²) in [5.41, 5.74) is 5.74. The normalized spacial score (nSPS) is 26.3. The van der Waals surface area contributed by atoms with Gasteiger partial charge in [-0.1, -0.05) is 13.8 Å². The van der Waals surface area contributed by atoms with Crippen LogP contribution < -0.4 is 5.73 Å². The molecule has 1 fully saturated rings. The number of carboxylic acid groups (broad SMARTS) is 1. The number of aliphatic hydroxyl groups excluding tert-OH is 1. The molecular weight excluding hydrogens is 224 g/mol. The van der Waals surface area contributed by atoms with Crippen LogP contribution in [0, 0.1) is 5.92 Å². The van der Waals surface area contributed by atoms with Gasteiger partial charge in [0.2, 0.25) is 5.91 Å². The third-order valence-electron chi connectivity index (χ3n) is 2.89. The molecule has 4 N–H and O–H groups in total. The van der Waals surface area contributed by atoms with Crippen LogP contribution >= 0.6 is 0 Å². The Bertz CT molecular complexity index is 306. The molecule has 6 heteroatoms. The van der Waals surface area contributed by atoms with Crippen LogP contribution in [0.4, 0.5) is 0 Å². The van der Waals surface area contributed by atoms with Crippen molar-refractivity contribution in [2.24, 2.45) is 11.7 Å². The number of likely N-dealkylation sites (tertiary alicyclic amines) is 1. The van der Waals surface area contributed by atoms with Gasteiger partial charge in [0.05, 0.1) is 12.1 Å². The van der Waals surface area contributed by atoms with Crippen molar-refractivity contribution in [2.75, 3.05) is 6.54 Å². The van der Waals surface area contributed by atoms with Crippen LogP contribution in [0.2, 0.25) is 0 Å². The summed E-state index contributed by atoms with van der Waals surface area (Å²) in [5, 5.41) is 18.4. The predicted octanol–water partition coefficient (Wildman–Crippen LogP) is -0.594. The van der Waals surface area contributed by atoms with Crippen LogP contribution in [-0.2, 0) is 9.59 Å². The predicted molar refractivity (Wildman–Crippen MR) is 61.2 cm³/mol. The zero-order valence-electron chi connectivity index (χ0n) is 10.2. The summed E-state index contributed by atoms with van der Waals surface area (Å²) in [4.78, 5) is 24.1. The molecular formula is C11H20N2O4. The molecule has 1 rings (SSSR count). The molecule has 1 saturated heterocycles. The van der Waals surface area contributed by atoms with E-state index >= 15 is 0 Å². The monoisotopic (exact) mass is 244 g/mol. The van der Waals surface area contributed by atoms with Crippen LogP contribution in [0.3, 0.4) is 0 Å². The summed E-state index contributed by atoms with van der Waals surface area (Å²) in [6, 6.07) is -1.64. The van der Waals surface area contributed by atoms with Gasteiger partial charge < -0.3 is 20.8 Å². The zero-order valence-corrected chi connectivity index (χ0v) is 10.2. The second kappa shape index (κ2) is 5.46. The third kappa shape index (κ3) is 3.41. The molecule has 0 unspecified atom stereocenters. The molecule has 0 bridgehead atoms. The summed E-state index contributed by atoms with van der Waals surface area (Å²) in [6.07, 6.45) is -0.181. The number of amides is 1. The summed E-state index contributed by atoms with van der Waals surface area (Å²) < 4.78 is 0. The molecule has 6 nitrogen and oxygen atoms in total. The maximum atomic E-state index is 12.0. The molecule has 1 amide bonds. The fourth-order valence-electron chi connectivity index (χ4n) is 2.11. The first kappa shape index (κ1) is 13.9. The number of nitrogens with zero attached hydrogens (tertiary/aromatic N) is 1. The zero-order chi connectivity index (χ0) is 13.2. The SMILES string of the molecule is CC(C)C[C@@H](N)C(=O)N1C[C@H](O)C[C@@H]1C(=O)O. The van der Waals surface area contributed by atoms with Crippen molar-refractivity contribution in [2.45, 2.75) is 44.9 Å². The fraction of sp³-hybridized carbons (Fsp3) is 0.818. The molecule has 0 aliphatic carbocycles. The van der Waals surface area contributed by atoms with Crippen molar-refractivity contribution >= 4 is 11.9 Å². The lowest BCUT2D eigenvalue weighted by Gasteiger charge is -2.25. The third-order valence-corrected chi connectivity index (χ3v) is 2.89. The molecule has 0 radical (unpaired) electrons. The summed E-state index contributed by atoms with van der Waals surface area (Å²) in [6.45, 7) is 3.95. The lowest BCUT2D eigenvalue weighted by atomic mass is 10.0. The minimum Gasteiger partial charge on any atom is -0.480 e. The van der Waals surface area contributed by atoms with Gasteiger partial charge in [-0.2, -0.15) is 0 Å². The van der Waals surface area contributed by atoms with Gasteiger partial charge in [0.1, 0.15) is 6.04 Å². The number of carbonyl (C=O) groups is 2. The Morgan fingerprint density at radius 3 is 2.53 bits per heavy atom. The standard InChI is InChI=1S/C11H20N2O4/c1-6(2)3-8(12)10(15)13-5-7(14)4-9(13)11(16)17/h6-9,14H,3-5,12H2,1-2H3,(H,16,17)/t7-,8-,9-/m1/s1. The molecule has 17 heavy (non-hydrogen) atoms. The quantitative estimate of drug-likeness (QED) is 0.613. The highest BCUT2D eigenvalue weighted by molar-refractivity contribution is 5.87. The van der Waals surface area contributed by atoms with Gasteiger partial charge in [0, 0.05) is 13.0 Å². The minimum absolute atomic E-state index is 0.0571. The number of hydrogen-bond acceptors (Lipinski definition) is 4. The largest absolute Gasteiger partial charge is 0.480 e. The average molecular weight is 244 g/mol. The van der Waals surface area contributed by atoms with Gasteiger partial charge in [-0.05, 0) is 12.3 Å². The van der Waals surface area contributed by atoms with Crippen LogP contribution in [0.5, 0.6) is 0 Å². The molecule has 1 aliphatic heterocycles. The molecule has 0 aromatic carbocycles. The molecule has 0 spiro atoms. The summed E-state index contributed by atoms with van der Waals surface area (Å²) >= 11 is 0. The summed E-state index contributed by atoms with van der Waals surface area (Å²) in [5.74, 6) is -1.21. The van der Waals surface area contributed by atoms with Gasteiger partial charge in [0.25, 0.3) is 0 Å². The van der Waals surface area contributed by atoms with Crippen LogP contribution in [0.25, 0.3) is 0 Å². The van der Waals surface area contributed by atoms with Crippen molar-refractivity contribution in [3.8, 4) is 0 Å². The van der Waals surface area contributed by atoms with Crippen molar-refractivity contribution in [3.05, 3.63) is 0 Å². The molecule has 1 heterocycles. The lowest BCUT2D eigenvalue weighted by molar-refractivity contribution is -0.148. The maximum Gasteiger partial charge on any atom is 0.326 e. The second-order valence-corrected chi connectivity index (χ2v) is 4.97. The topological polar surface area (TPSA) is 104 Å². The molecule has 0 aromatic heterocycles. The van der Waals surface area contributed by atoms with Crippen molar-refractivity contribution in [1.82, 2.24) is 4.90 Å². The number of aliphatic hydroxyl groups is 1. The smallest absolute Gasteiger partial charge is 0.326 e. The number of rotatable bonds is 4. The second-order valence-electron chi connectivity index (χ2n) is 4.97. The Morgan fingerprint density at radius 2 is 2.06 bits per heavy atom. The molecule has 1 aliphatic rings. The van der Waals surface area contributed by atoms with Crippen molar-refractivity contribution < 1.29 is 19.8 Å². The minimum atomic E-state index is -1.09. The maximum absolute atomic E-state index is 12.0. The van der Waals surface area contributed by atoms with Gasteiger partial charge >= 0.3 is 5.97 Å². The lowest BCUT2D eigenvalue weighted by Crippen LogP contribution is -2.49. The fourth-order valence-corrected chi connectivity index (χ4v) is 2.11. The Morgan fingerprint density at radius 1 is 1.47 bits per heavy atom. The van der Waals surface area contributed by atoms with Crippen LogP contribution in [0.1, 0.15) is 26.7 Å². The molecule has 3 atom stereocenters. The number of β-amino-alcohol motifs (C(OH)–C–C–N with tert-alkyl or cyclic N) is 1. The van der Waals surface area contributed by atoms with E-state index in [1.807, 2.05) is 13.8 Å². The van der Waals surface area contributed by atoms with E-state index in [1.165, 1.54) is 4.90 Å². The molecule has 0 saturated carbocycles. The van der Waals surface area contributed by atoms with E-state index in [1.54, 1.807) is 0 Å². The number of carbonyl (C=O) groups excluding carboxylic acids is 1. The van der Waals surface area contributed by atoms with Crippen molar-refractivity contribution in [3.63, 3.8) is 0 Å². The van der Waals surface area contributed by atoms with E-state index < -0.39 is 24.2 Å². The van der Waals surface area contributed by atoms with Gasteiger partial charge in [-0.15, -0.1) is 0 Å². The van der Waals surface area contributed by atoms with E-state index in [0.29, 0.717) is 6.42 Å². The molecule has 0 aromatic rings. The van der Waals surface area contributed by atoms with Crippen molar-refractivity contribution in [1.29, 1.82) is 0 Å². The van der Waals surface area contributed by atoms with Crippen LogP contribution in [0.15, 0.2) is 0 Å². The number of nitrogens with two attached hydrogens (primary N) is 1. The number of carboxylic acids is 1. The van der Waals surface area contributed by atoms with Crippen LogP contribution in [-0.4, -0.2) is 51.7 Å². The van der Waals surface area contributed by atoms with Gasteiger partial charge in [-0.25, -0.2) is 4.79 Å². The Labute approximate surface area is 100 Å². The van der Waals surface area contributed by atoms with Gasteiger partial charge in [-0.3, -0.25) is 4.79 Å². The molecule has 98 valence electrons. The highest BCUT2D eigenvalue weighted by Crippen LogP contribution is 2.20. The first-order valence-corrected chi connectivity index (χ1v) is 5.79. The van der Waals surface area contributed by atoms with E-state index in [9.17, 15) is 14.7 Å². The van der Waals surface area contributed by atoms with E-state index in [4.69, 9.17) is 10.8 Å². The highest BCUT2D eigenvalue weighted by Gasteiger charge is 2.40. The Kier molecular flexibility index (Phi) is 4.47. The first-order chi connectivity index (χ1) is 7.82. The Hall–Kier alpha value is -1.14. The number of aliphatic carboxylic acids is 1. The number of hydrogen-bond donors (Lipinski definition) is 3. The van der Waals surface area contributed by atoms with E-state index in [0.717, 1.165) is 0 Å². The Balaban J connectivity index is 2.70. The highest BCUT2D eigenvalue weighted by atomic mass is 16.4. The van der Waals surface area contributed by atoms with E-state index in [-0.39, 0.29) is 24.8 Å². The van der Waals surface area contributed by atoms with Gasteiger partial charge in [0.15, 0.2) is 0 Å². The van der Waals surface area contributed by atoms with E-state index in [2.05, 4.69) is 0 Å². The summed E-state index contributed by atoms with van der Waals surface area (Å²) in [7, 11) is 0.